The molecule has 2 radical (unpaired) electrons. The molecule has 1 unspecified atom stereocenters. The van der Waals surface area contributed by atoms with E-state index in [2.05, 4.69) is 16.0 Å². The van der Waals surface area contributed by atoms with E-state index in [1.165, 1.54) is 0 Å². The van der Waals surface area contributed by atoms with Crippen LogP contribution in [0.1, 0.15) is 38.7 Å². The van der Waals surface area contributed by atoms with Crippen molar-refractivity contribution in [1.29, 1.82) is 0 Å². The summed E-state index contributed by atoms with van der Waals surface area (Å²) in [6, 6.07) is 6.23. The van der Waals surface area contributed by atoms with E-state index in [0.717, 1.165) is 10.5 Å². The molecule has 34 heavy (non-hydrogen) atoms. The van der Waals surface area contributed by atoms with Gasteiger partial charge in [-0.3, -0.25) is 28.9 Å². The van der Waals surface area contributed by atoms with Gasteiger partial charge in [0.15, 0.2) is 0 Å². The van der Waals surface area contributed by atoms with Gasteiger partial charge < -0.3 is 20.7 Å². The molecule has 1 aromatic rings. The molecule has 182 valence electrons. The number of carbonyl (C=O) groups excluding carboxylic acids is 5. The van der Waals surface area contributed by atoms with Crippen LogP contribution in [-0.2, 0) is 35.0 Å². The van der Waals surface area contributed by atoms with Crippen LogP contribution in [-0.4, -0.2) is 74.6 Å². The molecule has 11 heteroatoms. The molecule has 1 saturated heterocycles. The van der Waals surface area contributed by atoms with Crippen LogP contribution in [0, 0.1) is 5.92 Å². The number of anilines is 1. The lowest BCUT2D eigenvalue weighted by Gasteiger charge is -2.21. The standard InChI is InChI=1S/C23H31BN4O6/c1-15(2)22(23(33)25-14-19(30)26-17-5-3-16(13-24)4-6-17)27-18(29)9-11-34-12-10-28-20(31)7-8-21(28)32/h3-6,15,22H,7-14H2,1-2H3,(H,25,33)(H,26,30)(H,27,29). The van der Waals surface area contributed by atoms with Gasteiger partial charge in [-0.1, -0.05) is 37.9 Å². The van der Waals surface area contributed by atoms with Crippen LogP contribution in [0.2, 0.25) is 0 Å². The fraction of sp³-hybridized carbons (Fsp3) is 0.522. The minimum absolute atomic E-state index is 0.0116. The number of likely N-dealkylation sites (tertiary alicyclic amines) is 1. The van der Waals surface area contributed by atoms with Crippen molar-refractivity contribution in [1.82, 2.24) is 15.5 Å². The normalized spacial score (nSPS) is 14.3. The van der Waals surface area contributed by atoms with Gasteiger partial charge in [0, 0.05) is 24.9 Å². The summed E-state index contributed by atoms with van der Waals surface area (Å²) in [5.74, 6) is -1.88. The number of nitrogens with one attached hydrogen (secondary N) is 3. The third kappa shape index (κ3) is 8.62. The largest absolute Gasteiger partial charge is 0.379 e. The second kappa shape index (κ2) is 13.5. The number of hydrogen-bond donors (Lipinski definition) is 3. The maximum absolute atomic E-state index is 12.5. The van der Waals surface area contributed by atoms with E-state index in [1.54, 1.807) is 38.1 Å². The summed E-state index contributed by atoms with van der Waals surface area (Å²) in [7, 11) is 5.55. The number of benzene rings is 1. The summed E-state index contributed by atoms with van der Waals surface area (Å²) < 4.78 is 5.35. The molecule has 3 N–H and O–H groups in total. The SMILES string of the molecule is [B]Cc1ccc(NC(=O)CNC(=O)C(NC(=O)CCOCCN2C(=O)CCC2=O)C(C)C)cc1. The van der Waals surface area contributed by atoms with Crippen molar-refractivity contribution >= 4 is 43.1 Å². The Bertz CT molecular complexity index is 874. The Morgan fingerprint density at radius 3 is 2.26 bits per heavy atom. The van der Waals surface area contributed by atoms with Gasteiger partial charge in [0.2, 0.25) is 29.5 Å². The second-order valence-electron chi connectivity index (χ2n) is 8.26. The predicted molar refractivity (Wildman–Crippen MR) is 126 cm³/mol. The molecule has 1 aliphatic heterocycles. The molecule has 0 aromatic heterocycles. The summed E-state index contributed by atoms with van der Waals surface area (Å²) in [5, 5.41) is 7.88. The van der Waals surface area contributed by atoms with Crippen molar-refractivity contribution in [2.24, 2.45) is 5.92 Å². The van der Waals surface area contributed by atoms with Gasteiger partial charge in [0.25, 0.3) is 0 Å². The molecular formula is C23H31BN4O6. The first-order valence-electron chi connectivity index (χ1n) is 11.3. The van der Waals surface area contributed by atoms with Crippen LogP contribution >= 0.6 is 0 Å². The van der Waals surface area contributed by atoms with E-state index in [-0.39, 0.29) is 69.2 Å². The number of rotatable bonds is 13. The molecule has 5 amide bonds. The molecule has 10 nitrogen and oxygen atoms in total. The van der Waals surface area contributed by atoms with Gasteiger partial charge in [-0.05, 0) is 18.1 Å². The smallest absolute Gasteiger partial charge is 0.243 e. The van der Waals surface area contributed by atoms with Crippen molar-refractivity contribution in [3.05, 3.63) is 29.8 Å². The highest BCUT2D eigenvalue weighted by atomic mass is 16.5. The Morgan fingerprint density at radius 2 is 1.68 bits per heavy atom. The van der Waals surface area contributed by atoms with Crippen molar-refractivity contribution in [3.63, 3.8) is 0 Å². The van der Waals surface area contributed by atoms with Gasteiger partial charge in [-0.25, -0.2) is 0 Å². The monoisotopic (exact) mass is 470 g/mol. The Balaban J connectivity index is 1.69. The number of ether oxygens (including phenoxy) is 1. The van der Waals surface area contributed by atoms with Crippen molar-refractivity contribution in [3.8, 4) is 0 Å². The molecule has 0 aliphatic carbocycles. The zero-order chi connectivity index (χ0) is 25.1. The zero-order valence-corrected chi connectivity index (χ0v) is 19.6. The average molecular weight is 470 g/mol. The summed E-state index contributed by atoms with van der Waals surface area (Å²) in [5.41, 5.74) is 1.52. The van der Waals surface area contributed by atoms with Crippen LogP contribution in [0.15, 0.2) is 24.3 Å². The number of amides is 5. The lowest BCUT2D eigenvalue weighted by molar-refractivity contribution is -0.139. The minimum atomic E-state index is -0.816. The minimum Gasteiger partial charge on any atom is -0.379 e. The van der Waals surface area contributed by atoms with Crippen LogP contribution < -0.4 is 16.0 Å². The average Bonchev–Trinajstić information content (AvgIpc) is 3.13. The maximum Gasteiger partial charge on any atom is 0.243 e. The van der Waals surface area contributed by atoms with E-state index in [1.807, 2.05) is 0 Å². The third-order valence-corrected chi connectivity index (χ3v) is 5.25. The number of carbonyl (C=O) groups is 5. The predicted octanol–water partition coefficient (Wildman–Crippen LogP) is 0.106. The number of nitrogens with zero attached hydrogens (tertiary/aromatic N) is 1. The van der Waals surface area contributed by atoms with Crippen LogP contribution in [0.3, 0.4) is 0 Å². The highest BCUT2D eigenvalue weighted by molar-refractivity contribution is 6.08. The Kier molecular flexibility index (Phi) is 10.7. The molecule has 1 aromatic carbocycles. The van der Waals surface area contributed by atoms with E-state index in [9.17, 15) is 24.0 Å². The van der Waals surface area contributed by atoms with Gasteiger partial charge in [-0.15, -0.1) is 0 Å². The molecule has 1 atom stereocenters. The highest BCUT2D eigenvalue weighted by Gasteiger charge is 2.28. The van der Waals surface area contributed by atoms with E-state index in [4.69, 9.17) is 12.6 Å². The van der Waals surface area contributed by atoms with Crippen LogP contribution in [0.5, 0.6) is 0 Å². The van der Waals surface area contributed by atoms with Gasteiger partial charge >= 0.3 is 0 Å². The summed E-state index contributed by atoms with van der Waals surface area (Å²) >= 11 is 0. The van der Waals surface area contributed by atoms with Crippen LogP contribution in [0.4, 0.5) is 5.69 Å². The Hall–Kier alpha value is -3.21. The Morgan fingerprint density at radius 1 is 1.03 bits per heavy atom. The Labute approximate surface area is 200 Å². The first kappa shape index (κ1) is 27.0. The van der Waals surface area contributed by atoms with Crippen molar-refractivity contribution in [2.75, 3.05) is 31.6 Å². The quantitative estimate of drug-likeness (QED) is 0.213. The number of hydrogen-bond acceptors (Lipinski definition) is 6. The van der Waals surface area contributed by atoms with Gasteiger partial charge in [-0.2, -0.15) is 0 Å². The summed E-state index contributed by atoms with van der Waals surface area (Å²) in [6.45, 7) is 3.71. The maximum atomic E-state index is 12.5. The molecule has 0 spiro atoms. The molecule has 1 fully saturated rings. The van der Waals surface area contributed by atoms with Crippen molar-refractivity contribution < 1.29 is 28.7 Å². The molecule has 0 saturated carbocycles. The lowest BCUT2D eigenvalue weighted by Crippen LogP contribution is -2.51. The molecular weight excluding hydrogens is 439 g/mol. The van der Waals surface area contributed by atoms with Crippen LogP contribution in [0.25, 0.3) is 0 Å². The molecule has 1 aliphatic rings. The summed E-state index contributed by atoms with van der Waals surface area (Å²) in [4.78, 5) is 61.1. The second-order valence-corrected chi connectivity index (χ2v) is 8.26. The number of imide groups is 1. The lowest BCUT2D eigenvalue weighted by atomic mass is 9.97. The molecule has 1 heterocycles. The van der Waals surface area contributed by atoms with Gasteiger partial charge in [0.1, 0.15) is 6.04 Å². The van der Waals surface area contributed by atoms with Crippen molar-refractivity contribution in [2.45, 2.75) is 45.5 Å². The first-order valence-corrected chi connectivity index (χ1v) is 11.3. The first-order chi connectivity index (χ1) is 16.2. The highest BCUT2D eigenvalue weighted by Crippen LogP contribution is 2.11. The van der Waals surface area contributed by atoms with Gasteiger partial charge in [0.05, 0.1) is 34.1 Å². The molecule has 0 bridgehead atoms. The molecule has 2 rings (SSSR count). The fourth-order valence-electron chi connectivity index (χ4n) is 3.28. The third-order valence-electron chi connectivity index (χ3n) is 5.25. The topological polar surface area (TPSA) is 134 Å². The zero-order valence-electron chi connectivity index (χ0n) is 19.6. The van der Waals surface area contributed by atoms with E-state index in [0.29, 0.717) is 12.0 Å². The van der Waals surface area contributed by atoms with E-state index >= 15 is 0 Å². The van der Waals surface area contributed by atoms with E-state index < -0.39 is 17.9 Å². The summed E-state index contributed by atoms with van der Waals surface area (Å²) in [6.07, 6.45) is 0.865. The fourth-order valence-corrected chi connectivity index (χ4v) is 3.28.